The van der Waals surface area contributed by atoms with Crippen molar-refractivity contribution in [2.24, 2.45) is 5.73 Å². The smallest absolute Gasteiger partial charge is 0.224 e. The predicted molar refractivity (Wildman–Crippen MR) is 80.4 cm³/mol. The number of rotatable bonds is 3. The number of nitrogens with two attached hydrogens (primary N) is 1. The topological polar surface area (TPSA) is 48.1 Å². The first-order valence-corrected chi connectivity index (χ1v) is 7.21. The maximum Gasteiger partial charge on any atom is 0.224 e. The van der Waals surface area contributed by atoms with Gasteiger partial charge in [0.05, 0.1) is 5.02 Å². The highest BCUT2D eigenvalue weighted by atomic mass is 35.5. The lowest BCUT2D eigenvalue weighted by Gasteiger charge is -2.12. The summed E-state index contributed by atoms with van der Waals surface area (Å²) >= 11 is 6.21. The summed E-state index contributed by atoms with van der Waals surface area (Å²) in [6, 6.07) is 7.84. The zero-order chi connectivity index (χ0) is 14.1. The number of aryl methyl sites for hydroxylation is 3. The third kappa shape index (κ3) is 2.51. The van der Waals surface area contributed by atoms with Gasteiger partial charge >= 0.3 is 0 Å². The molecule has 1 aromatic carbocycles. The molecule has 0 amide bonds. The Bertz CT molecular complexity index is 655. The van der Waals surface area contributed by atoms with Crippen molar-refractivity contribution in [1.29, 1.82) is 0 Å². The molecule has 2 aromatic rings. The second kappa shape index (κ2) is 5.43. The van der Waals surface area contributed by atoms with Gasteiger partial charge in [0.1, 0.15) is 5.75 Å². The SMILES string of the molecule is Cc1ccc(Oc2nc3c(cc2CN)CCC3)c(Cl)c1. The van der Waals surface area contributed by atoms with E-state index in [1.807, 2.05) is 25.1 Å². The van der Waals surface area contributed by atoms with E-state index in [0.717, 1.165) is 36.1 Å². The minimum Gasteiger partial charge on any atom is -0.437 e. The second-order valence-electron chi connectivity index (χ2n) is 5.15. The third-order valence-electron chi connectivity index (χ3n) is 3.60. The zero-order valence-corrected chi connectivity index (χ0v) is 12.2. The van der Waals surface area contributed by atoms with Crippen molar-refractivity contribution >= 4 is 11.6 Å². The Balaban J connectivity index is 1.97. The summed E-state index contributed by atoms with van der Waals surface area (Å²) in [5.74, 6) is 1.20. The van der Waals surface area contributed by atoms with E-state index in [1.165, 1.54) is 5.56 Å². The van der Waals surface area contributed by atoms with Crippen molar-refractivity contribution in [1.82, 2.24) is 4.98 Å². The molecule has 1 aliphatic rings. The Hall–Kier alpha value is -1.58. The highest BCUT2D eigenvalue weighted by Gasteiger charge is 2.17. The Morgan fingerprint density at radius 2 is 2.15 bits per heavy atom. The van der Waals surface area contributed by atoms with Gasteiger partial charge in [0, 0.05) is 17.8 Å². The van der Waals surface area contributed by atoms with E-state index in [2.05, 4.69) is 11.1 Å². The van der Waals surface area contributed by atoms with Crippen molar-refractivity contribution < 1.29 is 4.74 Å². The van der Waals surface area contributed by atoms with Gasteiger partial charge in [-0.2, -0.15) is 0 Å². The monoisotopic (exact) mass is 288 g/mol. The Morgan fingerprint density at radius 3 is 2.90 bits per heavy atom. The van der Waals surface area contributed by atoms with Crippen LogP contribution in [0.2, 0.25) is 5.02 Å². The molecule has 1 aliphatic carbocycles. The lowest BCUT2D eigenvalue weighted by Crippen LogP contribution is -2.04. The first-order valence-electron chi connectivity index (χ1n) is 6.83. The molecule has 3 rings (SSSR count). The number of nitrogens with zero attached hydrogens (tertiary/aromatic N) is 1. The van der Waals surface area contributed by atoms with E-state index < -0.39 is 0 Å². The molecule has 1 heterocycles. The Morgan fingerprint density at radius 1 is 1.30 bits per heavy atom. The van der Waals surface area contributed by atoms with Crippen molar-refractivity contribution in [3.8, 4) is 11.6 Å². The number of ether oxygens (including phenoxy) is 1. The van der Waals surface area contributed by atoms with Crippen LogP contribution in [0.4, 0.5) is 0 Å². The van der Waals surface area contributed by atoms with Crippen LogP contribution in [-0.4, -0.2) is 4.98 Å². The van der Waals surface area contributed by atoms with Gasteiger partial charge in [-0.05, 0) is 55.5 Å². The molecule has 0 atom stereocenters. The molecule has 0 spiro atoms. The first kappa shape index (κ1) is 13.4. The molecule has 0 radical (unpaired) electrons. The van der Waals surface area contributed by atoms with Gasteiger partial charge in [0.15, 0.2) is 0 Å². The fraction of sp³-hybridized carbons (Fsp3) is 0.312. The Kier molecular flexibility index (Phi) is 3.64. The van der Waals surface area contributed by atoms with Crippen molar-refractivity contribution in [3.63, 3.8) is 0 Å². The summed E-state index contributed by atoms with van der Waals surface area (Å²) in [6.07, 6.45) is 3.25. The summed E-state index contributed by atoms with van der Waals surface area (Å²) in [5, 5.41) is 0.593. The number of hydrogen-bond donors (Lipinski definition) is 1. The number of halogens is 1. The first-order chi connectivity index (χ1) is 9.67. The average molecular weight is 289 g/mol. The third-order valence-corrected chi connectivity index (χ3v) is 3.90. The second-order valence-corrected chi connectivity index (χ2v) is 5.56. The number of hydrogen-bond acceptors (Lipinski definition) is 3. The lowest BCUT2D eigenvalue weighted by molar-refractivity contribution is 0.454. The van der Waals surface area contributed by atoms with Crippen molar-refractivity contribution in [2.75, 3.05) is 0 Å². The molecule has 0 saturated carbocycles. The largest absolute Gasteiger partial charge is 0.437 e. The van der Waals surface area contributed by atoms with E-state index in [4.69, 9.17) is 22.1 Å². The molecular formula is C16H17ClN2O. The maximum atomic E-state index is 6.21. The number of pyridine rings is 1. The lowest BCUT2D eigenvalue weighted by atomic mass is 10.1. The molecule has 104 valence electrons. The molecule has 0 fully saturated rings. The van der Waals surface area contributed by atoms with Crippen LogP contribution in [0, 0.1) is 6.92 Å². The van der Waals surface area contributed by atoms with E-state index in [9.17, 15) is 0 Å². The highest BCUT2D eigenvalue weighted by molar-refractivity contribution is 6.32. The highest BCUT2D eigenvalue weighted by Crippen LogP contribution is 2.33. The van der Waals surface area contributed by atoms with Crippen molar-refractivity contribution in [2.45, 2.75) is 32.7 Å². The van der Waals surface area contributed by atoms with Gasteiger partial charge < -0.3 is 10.5 Å². The van der Waals surface area contributed by atoms with Gasteiger partial charge in [-0.25, -0.2) is 4.98 Å². The molecule has 0 bridgehead atoms. The molecule has 2 N–H and O–H groups in total. The summed E-state index contributed by atoms with van der Waals surface area (Å²) < 4.78 is 5.89. The van der Waals surface area contributed by atoms with E-state index in [0.29, 0.717) is 23.2 Å². The Labute approximate surface area is 123 Å². The molecular weight excluding hydrogens is 272 g/mol. The minimum atomic E-state index is 0.416. The van der Waals surface area contributed by atoms with Gasteiger partial charge in [0.25, 0.3) is 0 Å². The molecule has 0 unspecified atom stereocenters. The summed E-state index contributed by atoms with van der Waals surface area (Å²) in [4.78, 5) is 4.62. The fourth-order valence-electron chi connectivity index (χ4n) is 2.53. The van der Waals surface area contributed by atoms with Gasteiger partial charge in [-0.15, -0.1) is 0 Å². The van der Waals surface area contributed by atoms with Crippen molar-refractivity contribution in [3.05, 3.63) is 51.7 Å². The molecule has 0 saturated heterocycles. The fourth-order valence-corrected chi connectivity index (χ4v) is 2.80. The molecule has 4 heteroatoms. The average Bonchev–Trinajstić information content (AvgIpc) is 2.88. The minimum absolute atomic E-state index is 0.416. The quantitative estimate of drug-likeness (QED) is 0.935. The van der Waals surface area contributed by atoms with E-state index in [-0.39, 0.29) is 0 Å². The molecule has 20 heavy (non-hydrogen) atoms. The summed E-state index contributed by atoms with van der Waals surface area (Å²) in [7, 11) is 0. The normalized spacial score (nSPS) is 13.3. The van der Waals surface area contributed by atoms with Crippen LogP contribution >= 0.6 is 11.6 Å². The van der Waals surface area contributed by atoms with Crippen LogP contribution < -0.4 is 10.5 Å². The van der Waals surface area contributed by atoms with Crippen LogP contribution in [0.5, 0.6) is 11.6 Å². The number of fused-ring (bicyclic) bond motifs is 1. The standard InChI is InChI=1S/C16H17ClN2O/c1-10-5-6-15(13(17)7-10)20-16-12(9-18)8-11-3-2-4-14(11)19-16/h5-8H,2-4,9,18H2,1H3. The number of benzene rings is 1. The number of aromatic nitrogens is 1. The summed E-state index contributed by atoms with van der Waals surface area (Å²) in [6.45, 7) is 2.41. The van der Waals surface area contributed by atoms with Gasteiger partial charge in [-0.3, -0.25) is 0 Å². The zero-order valence-electron chi connectivity index (χ0n) is 11.4. The van der Waals surface area contributed by atoms with E-state index in [1.54, 1.807) is 0 Å². The van der Waals surface area contributed by atoms with Crippen LogP contribution in [0.1, 0.15) is 28.8 Å². The predicted octanol–water partition coefficient (Wildman–Crippen LogP) is 3.78. The van der Waals surface area contributed by atoms with E-state index >= 15 is 0 Å². The summed E-state index contributed by atoms with van der Waals surface area (Å²) in [5.41, 5.74) is 10.3. The maximum absolute atomic E-state index is 6.21. The van der Waals surface area contributed by atoms with Crippen LogP contribution in [0.15, 0.2) is 24.3 Å². The van der Waals surface area contributed by atoms with Gasteiger partial charge in [-0.1, -0.05) is 17.7 Å². The van der Waals surface area contributed by atoms with Crippen LogP contribution in [0.3, 0.4) is 0 Å². The molecule has 1 aromatic heterocycles. The van der Waals surface area contributed by atoms with Gasteiger partial charge in [0.2, 0.25) is 5.88 Å². The molecule has 3 nitrogen and oxygen atoms in total. The van der Waals surface area contributed by atoms with Crippen LogP contribution in [-0.2, 0) is 19.4 Å². The molecule has 0 aliphatic heterocycles. The van der Waals surface area contributed by atoms with Crippen LogP contribution in [0.25, 0.3) is 0 Å².